The number of amides is 1. The molecule has 1 aromatic heterocycles. The lowest BCUT2D eigenvalue weighted by molar-refractivity contribution is -0.113. The Morgan fingerprint density at radius 1 is 1.13 bits per heavy atom. The summed E-state index contributed by atoms with van der Waals surface area (Å²) in [5.41, 5.74) is 3.13. The molecule has 0 unspecified atom stereocenters. The lowest BCUT2D eigenvalue weighted by Gasteiger charge is -2.30. The van der Waals surface area contributed by atoms with Crippen LogP contribution in [0.3, 0.4) is 0 Å². The van der Waals surface area contributed by atoms with Crippen LogP contribution in [0, 0.1) is 5.82 Å². The number of rotatable bonds is 7. The highest BCUT2D eigenvalue weighted by molar-refractivity contribution is 7.99. The van der Waals surface area contributed by atoms with Crippen LogP contribution < -0.4 is 10.2 Å². The van der Waals surface area contributed by atoms with E-state index >= 15 is 0 Å². The van der Waals surface area contributed by atoms with E-state index in [4.69, 9.17) is 4.42 Å². The van der Waals surface area contributed by atoms with Gasteiger partial charge in [0.15, 0.2) is 0 Å². The molecule has 1 amide bonds. The molecular weight excluding hydrogens is 401 g/mol. The zero-order valence-corrected chi connectivity index (χ0v) is 17.5. The van der Waals surface area contributed by atoms with Crippen LogP contribution in [0.5, 0.6) is 0 Å². The molecular formula is C23H24FN3O2S. The first-order chi connectivity index (χ1) is 14.7. The molecule has 156 valence electrons. The molecule has 1 fully saturated rings. The fraction of sp³-hybridized carbons (Fsp3) is 0.304. The monoisotopic (exact) mass is 425 g/mol. The molecule has 0 radical (unpaired) electrons. The molecule has 5 nitrogen and oxygen atoms in total. The van der Waals surface area contributed by atoms with E-state index in [1.807, 2.05) is 30.3 Å². The molecule has 0 spiro atoms. The molecule has 0 saturated carbocycles. The molecule has 2 aromatic carbocycles. The molecule has 1 N–H and O–H groups in total. The Morgan fingerprint density at radius 3 is 2.73 bits per heavy atom. The zero-order chi connectivity index (χ0) is 20.8. The second-order valence-corrected chi connectivity index (χ2v) is 8.25. The summed E-state index contributed by atoms with van der Waals surface area (Å²) in [6, 6.07) is 14.3. The van der Waals surface area contributed by atoms with Crippen molar-refractivity contribution in [2.75, 3.05) is 29.1 Å². The van der Waals surface area contributed by atoms with Gasteiger partial charge < -0.3 is 14.6 Å². The van der Waals surface area contributed by atoms with Crippen molar-refractivity contribution in [3.05, 3.63) is 66.3 Å². The first-order valence-corrected chi connectivity index (χ1v) is 11.3. The summed E-state index contributed by atoms with van der Waals surface area (Å²) >= 11 is 1.45. The van der Waals surface area contributed by atoms with Crippen molar-refractivity contribution in [1.82, 2.24) is 4.98 Å². The molecule has 0 aliphatic carbocycles. The van der Waals surface area contributed by atoms with Gasteiger partial charge in [0, 0.05) is 24.4 Å². The lowest BCUT2D eigenvalue weighted by atomic mass is 10.1. The highest BCUT2D eigenvalue weighted by atomic mass is 32.2. The number of anilines is 2. The van der Waals surface area contributed by atoms with Crippen LogP contribution in [0.4, 0.5) is 15.8 Å². The summed E-state index contributed by atoms with van der Waals surface area (Å²) in [5, 5.41) is 2.88. The van der Waals surface area contributed by atoms with Crippen LogP contribution in [0.15, 0.2) is 59.2 Å². The third-order valence-corrected chi connectivity index (χ3v) is 5.95. The highest BCUT2D eigenvalue weighted by Gasteiger charge is 2.17. The minimum atomic E-state index is -0.352. The maximum Gasteiger partial charge on any atom is 0.234 e. The standard InChI is InChI=1S/C23H24FN3O2S/c24-18-9-10-21(27-11-5-2-6-12-27)20(13-18)26-22(28)16-30-15-19-14-29-23(25-19)17-7-3-1-4-8-17/h1,3-4,7-10,13-14H,2,5-6,11-12,15-16H2,(H,26,28). The van der Waals surface area contributed by atoms with E-state index in [1.165, 1.54) is 30.3 Å². The third kappa shape index (κ3) is 5.21. The molecule has 30 heavy (non-hydrogen) atoms. The van der Waals surface area contributed by atoms with E-state index in [0.29, 0.717) is 17.3 Å². The van der Waals surface area contributed by atoms with Crippen LogP contribution in [0.2, 0.25) is 0 Å². The van der Waals surface area contributed by atoms with Crippen molar-refractivity contribution in [2.24, 2.45) is 0 Å². The van der Waals surface area contributed by atoms with E-state index in [-0.39, 0.29) is 17.5 Å². The van der Waals surface area contributed by atoms with Gasteiger partial charge >= 0.3 is 0 Å². The van der Waals surface area contributed by atoms with E-state index in [1.54, 1.807) is 12.3 Å². The number of hydrogen-bond acceptors (Lipinski definition) is 5. The minimum absolute atomic E-state index is 0.157. The number of hydrogen-bond donors (Lipinski definition) is 1. The maximum absolute atomic E-state index is 13.8. The first-order valence-electron chi connectivity index (χ1n) is 10.1. The quantitative estimate of drug-likeness (QED) is 0.553. The molecule has 0 atom stereocenters. The van der Waals surface area contributed by atoms with E-state index in [2.05, 4.69) is 15.2 Å². The van der Waals surface area contributed by atoms with Gasteiger partial charge in [0.25, 0.3) is 0 Å². The zero-order valence-electron chi connectivity index (χ0n) is 16.6. The lowest BCUT2D eigenvalue weighted by Crippen LogP contribution is -2.30. The Morgan fingerprint density at radius 2 is 1.93 bits per heavy atom. The number of carbonyl (C=O) groups excluding carboxylic acids is 1. The van der Waals surface area contributed by atoms with E-state index < -0.39 is 0 Å². The van der Waals surface area contributed by atoms with Gasteiger partial charge in [-0.05, 0) is 49.6 Å². The molecule has 0 bridgehead atoms. The van der Waals surface area contributed by atoms with Crippen molar-refractivity contribution >= 4 is 29.0 Å². The Kier molecular flexibility index (Phi) is 6.69. The van der Waals surface area contributed by atoms with Crippen molar-refractivity contribution < 1.29 is 13.6 Å². The Balaban J connectivity index is 1.32. The number of piperidine rings is 1. The van der Waals surface area contributed by atoms with Crippen LogP contribution in [0.1, 0.15) is 25.0 Å². The van der Waals surface area contributed by atoms with Crippen molar-refractivity contribution in [1.29, 1.82) is 0 Å². The molecule has 2 heterocycles. The van der Waals surface area contributed by atoms with Gasteiger partial charge in [-0.15, -0.1) is 11.8 Å². The van der Waals surface area contributed by atoms with Gasteiger partial charge in [-0.3, -0.25) is 4.79 Å². The number of thioether (sulfide) groups is 1. The minimum Gasteiger partial charge on any atom is -0.444 e. The van der Waals surface area contributed by atoms with Crippen LogP contribution in [-0.4, -0.2) is 29.7 Å². The maximum atomic E-state index is 13.8. The van der Waals surface area contributed by atoms with Crippen LogP contribution in [-0.2, 0) is 10.5 Å². The topological polar surface area (TPSA) is 58.4 Å². The van der Waals surface area contributed by atoms with Gasteiger partial charge in [0.05, 0.1) is 22.8 Å². The van der Waals surface area contributed by atoms with Crippen molar-refractivity contribution in [3.8, 4) is 11.5 Å². The van der Waals surface area contributed by atoms with E-state index in [0.717, 1.165) is 42.9 Å². The molecule has 1 aliphatic heterocycles. The summed E-state index contributed by atoms with van der Waals surface area (Å²) in [7, 11) is 0. The smallest absolute Gasteiger partial charge is 0.234 e. The summed E-state index contributed by atoms with van der Waals surface area (Å²) in [5.74, 6) is 0.877. The number of nitrogens with zero attached hydrogens (tertiary/aromatic N) is 2. The Labute approximate surface area is 179 Å². The molecule has 7 heteroatoms. The van der Waals surface area contributed by atoms with Gasteiger partial charge in [-0.2, -0.15) is 0 Å². The number of aromatic nitrogens is 1. The summed E-state index contributed by atoms with van der Waals surface area (Å²) in [6.45, 7) is 1.86. The number of oxazole rings is 1. The molecule has 4 rings (SSSR count). The fourth-order valence-electron chi connectivity index (χ4n) is 3.54. The third-order valence-electron chi connectivity index (χ3n) is 4.99. The van der Waals surface area contributed by atoms with Crippen LogP contribution in [0.25, 0.3) is 11.5 Å². The predicted octanol–water partition coefficient (Wildman–Crippen LogP) is 5.34. The number of benzene rings is 2. The normalized spacial score (nSPS) is 14.0. The summed E-state index contributed by atoms with van der Waals surface area (Å²) < 4.78 is 19.3. The SMILES string of the molecule is O=C(CSCc1coc(-c2ccccc2)n1)Nc1cc(F)ccc1N1CCCCC1. The van der Waals surface area contributed by atoms with Gasteiger partial charge in [0.1, 0.15) is 12.1 Å². The molecule has 1 saturated heterocycles. The van der Waals surface area contributed by atoms with E-state index in [9.17, 15) is 9.18 Å². The Hall–Kier alpha value is -2.80. The number of nitrogens with one attached hydrogen (secondary N) is 1. The fourth-order valence-corrected chi connectivity index (χ4v) is 4.24. The molecule has 3 aromatic rings. The summed E-state index contributed by atoms with van der Waals surface area (Å²) in [6.07, 6.45) is 5.06. The number of carbonyl (C=O) groups is 1. The first kappa shape index (κ1) is 20.5. The van der Waals surface area contributed by atoms with Gasteiger partial charge in [-0.25, -0.2) is 9.37 Å². The second-order valence-electron chi connectivity index (χ2n) is 7.26. The van der Waals surface area contributed by atoms with Crippen LogP contribution >= 0.6 is 11.8 Å². The summed E-state index contributed by atoms with van der Waals surface area (Å²) in [4.78, 5) is 19.1. The van der Waals surface area contributed by atoms with Crippen molar-refractivity contribution in [3.63, 3.8) is 0 Å². The number of halogens is 1. The average Bonchev–Trinajstić information content (AvgIpc) is 3.24. The highest BCUT2D eigenvalue weighted by Crippen LogP contribution is 2.29. The largest absolute Gasteiger partial charge is 0.444 e. The van der Waals surface area contributed by atoms with Gasteiger partial charge in [0.2, 0.25) is 11.8 Å². The van der Waals surface area contributed by atoms with Gasteiger partial charge in [-0.1, -0.05) is 18.2 Å². The van der Waals surface area contributed by atoms with Crippen molar-refractivity contribution in [2.45, 2.75) is 25.0 Å². The average molecular weight is 426 g/mol. The predicted molar refractivity (Wildman–Crippen MR) is 119 cm³/mol. The molecule has 1 aliphatic rings. The second kappa shape index (κ2) is 9.80. The Bertz CT molecular complexity index is 987.